The minimum atomic E-state index is -0.675. The first-order chi connectivity index (χ1) is 11.7. The topological polar surface area (TPSA) is 101 Å². The number of carbonyl (C=O) groups is 2. The van der Waals surface area contributed by atoms with Crippen molar-refractivity contribution in [3.8, 4) is 0 Å². The van der Waals surface area contributed by atoms with Crippen molar-refractivity contribution in [2.75, 3.05) is 5.32 Å². The number of benzene rings is 1. The maximum atomic E-state index is 12.0. The molecule has 0 fully saturated rings. The van der Waals surface area contributed by atoms with E-state index in [1.165, 1.54) is 0 Å². The molecule has 25 heavy (non-hydrogen) atoms. The van der Waals surface area contributed by atoms with Crippen molar-refractivity contribution in [2.24, 2.45) is 0 Å². The van der Waals surface area contributed by atoms with Gasteiger partial charge in [-0.15, -0.1) is 5.10 Å². The van der Waals surface area contributed by atoms with Gasteiger partial charge >= 0.3 is 6.03 Å². The van der Waals surface area contributed by atoms with Gasteiger partial charge in [-0.3, -0.25) is 10.1 Å². The van der Waals surface area contributed by atoms with E-state index < -0.39 is 12.1 Å². The largest absolute Gasteiger partial charge is 0.350 e. The number of rotatable bonds is 5. The Morgan fingerprint density at radius 1 is 1.20 bits per heavy atom. The number of aromatic nitrogens is 3. The van der Waals surface area contributed by atoms with E-state index in [0.29, 0.717) is 6.54 Å². The van der Waals surface area contributed by atoms with Gasteiger partial charge in [-0.25, -0.2) is 14.5 Å². The van der Waals surface area contributed by atoms with Gasteiger partial charge in [0.2, 0.25) is 11.9 Å². The first-order valence-electron chi connectivity index (χ1n) is 8.06. The minimum Gasteiger partial charge on any atom is -0.350 e. The third kappa shape index (κ3) is 6.25. The second kappa shape index (κ2) is 7.78. The predicted molar refractivity (Wildman–Crippen MR) is 95.1 cm³/mol. The van der Waals surface area contributed by atoms with Crippen molar-refractivity contribution in [3.63, 3.8) is 0 Å². The van der Waals surface area contributed by atoms with E-state index in [2.05, 4.69) is 26.0 Å². The highest BCUT2D eigenvalue weighted by molar-refractivity contribution is 5.92. The average molecular weight is 344 g/mol. The quantitative estimate of drug-likeness (QED) is 0.769. The highest BCUT2D eigenvalue weighted by atomic mass is 16.2. The van der Waals surface area contributed by atoms with Crippen molar-refractivity contribution in [1.82, 2.24) is 25.4 Å². The van der Waals surface area contributed by atoms with Crippen molar-refractivity contribution in [1.29, 1.82) is 0 Å². The average Bonchev–Trinajstić information content (AvgIpc) is 2.93. The van der Waals surface area contributed by atoms with Crippen LogP contribution in [0.1, 0.15) is 33.3 Å². The second-order valence-electron chi connectivity index (χ2n) is 6.81. The Morgan fingerprint density at radius 2 is 1.88 bits per heavy atom. The number of anilines is 1. The Bertz CT molecular complexity index is 720. The summed E-state index contributed by atoms with van der Waals surface area (Å²) in [6.45, 7) is 7.80. The van der Waals surface area contributed by atoms with Crippen LogP contribution in [-0.4, -0.2) is 38.3 Å². The maximum Gasteiger partial charge on any atom is 0.322 e. The van der Waals surface area contributed by atoms with Crippen molar-refractivity contribution < 1.29 is 9.59 Å². The summed E-state index contributed by atoms with van der Waals surface area (Å²) in [6.07, 6.45) is 1.54. The van der Waals surface area contributed by atoms with Gasteiger partial charge in [-0.05, 0) is 33.3 Å². The number of urea groups is 1. The van der Waals surface area contributed by atoms with Crippen LogP contribution in [0.4, 0.5) is 10.7 Å². The molecule has 0 bridgehead atoms. The fourth-order valence-corrected chi connectivity index (χ4v) is 2.08. The molecule has 0 aliphatic carbocycles. The van der Waals surface area contributed by atoms with Crippen molar-refractivity contribution in [3.05, 3.63) is 42.2 Å². The van der Waals surface area contributed by atoms with Gasteiger partial charge < -0.3 is 10.6 Å². The third-order valence-corrected chi connectivity index (χ3v) is 3.19. The lowest BCUT2D eigenvalue weighted by molar-refractivity contribution is -0.123. The van der Waals surface area contributed by atoms with Crippen LogP contribution in [0.25, 0.3) is 0 Å². The van der Waals surface area contributed by atoms with Crippen LogP contribution in [0, 0.1) is 0 Å². The lowest BCUT2D eigenvalue weighted by Crippen LogP contribution is -2.51. The molecule has 8 heteroatoms. The van der Waals surface area contributed by atoms with Gasteiger partial charge in [-0.2, -0.15) is 0 Å². The number of hydrogen-bond acceptors (Lipinski definition) is 4. The fraction of sp³-hybridized carbons (Fsp3) is 0.412. The number of carbonyl (C=O) groups excluding carboxylic acids is 2. The van der Waals surface area contributed by atoms with Crippen LogP contribution in [0.2, 0.25) is 0 Å². The van der Waals surface area contributed by atoms with Crippen LogP contribution in [-0.2, 0) is 11.3 Å². The summed E-state index contributed by atoms with van der Waals surface area (Å²) in [7, 11) is 0. The third-order valence-electron chi connectivity index (χ3n) is 3.19. The molecule has 3 N–H and O–H groups in total. The summed E-state index contributed by atoms with van der Waals surface area (Å²) >= 11 is 0. The molecule has 0 spiro atoms. The lowest BCUT2D eigenvalue weighted by Gasteiger charge is -2.23. The number of nitrogens with zero attached hydrogens (tertiary/aromatic N) is 3. The molecule has 0 saturated heterocycles. The van der Waals surface area contributed by atoms with Gasteiger partial charge in [0.15, 0.2) is 0 Å². The Balaban J connectivity index is 1.85. The van der Waals surface area contributed by atoms with Gasteiger partial charge in [-0.1, -0.05) is 30.3 Å². The highest BCUT2D eigenvalue weighted by Crippen LogP contribution is 2.04. The summed E-state index contributed by atoms with van der Waals surface area (Å²) in [5.74, 6) is -0.0814. The van der Waals surface area contributed by atoms with E-state index in [9.17, 15) is 9.59 Å². The Morgan fingerprint density at radius 3 is 2.52 bits per heavy atom. The zero-order valence-corrected chi connectivity index (χ0v) is 14.9. The molecule has 0 aliphatic heterocycles. The molecule has 0 aliphatic rings. The SMILES string of the molecule is C[C@H](NC(=O)Nc1ncn(Cc2ccccc2)n1)C(=O)NC(C)(C)C. The fourth-order valence-electron chi connectivity index (χ4n) is 2.08. The van der Waals surface area contributed by atoms with Crippen molar-refractivity contribution in [2.45, 2.75) is 45.8 Å². The van der Waals surface area contributed by atoms with Crippen LogP contribution >= 0.6 is 0 Å². The zero-order valence-electron chi connectivity index (χ0n) is 14.9. The molecule has 1 aromatic heterocycles. The monoisotopic (exact) mass is 344 g/mol. The smallest absolute Gasteiger partial charge is 0.322 e. The Labute approximate surface area is 147 Å². The van der Waals surface area contributed by atoms with Crippen LogP contribution in [0.5, 0.6) is 0 Å². The Hall–Kier alpha value is -2.90. The number of amides is 3. The van der Waals surface area contributed by atoms with E-state index in [4.69, 9.17) is 0 Å². The summed E-state index contributed by atoms with van der Waals surface area (Å²) in [6, 6.07) is 8.60. The summed E-state index contributed by atoms with van der Waals surface area (Å²) in [5.41, 5.74) is 0.720. The van der Waals surface area contributed by atoms with E-state index in [1.54, 1.807) is 17.9 Å². The summed E-state index contributed by atoms with van der Waals surface area (Å²) < 4.78 is 1.63. The Kier molecular flexibility index (Phi) is 5.74. The van der Waals surface area contributed by atoms with E-state index in [-0.39, 0.29) is 17.4 Å². The molecule has 3 amide bonds. The van der Waals surface area contributed by atoms with E-state index >= 15 is 0 Å². The molecule has 134 valence electrons. The second-order valence-corrected chi connectivity index (χ2v) is 6.81. The molecule has 1 heterocycles. The molecule has 0 unspecified atom stereocenters. The van der Waals surface area contributed by atoms with Gasteiger partial charge in [0, 0.05) is 5.54 Å². The zero-order chi connectivity index (χ0) is 18.4. The van der Waals surface area contributed by atoms with Crippen molar-refractivity contribution >= 4 is 17.9 Å². The normalized spacial score (nSPS) is 12.3. The minimum absolute atomic E-state index is 0.178. The molecule has 0 radical (unpaired) electrons. The highest BCUT2D eigenvalue weighted by Gasteiger charge is 2.21. The van der Waals surface area contributed by atoms with E-state index in [0.717, 1.165) is 5.56 Å². The lowest BCUT2D eigenvalue weighted by atomic mass is 10.1. The van der Waals surface area contributed by atoms with Crippen LogP contribution in [0.15, 0.2) is 36.7 Å². The molecule has 1 aromatic carbocycles. The van der Waals surface area contributed by atoms with Crippen LogP contribution < -0.4 is 16.0 Å². The summed E-state index contributed by atoms with van der Waals surface area (Å²) in [5, 5.41) is 12.1. The maximum absolute atomic E-state index is 12.0. The molecule has 8 nitrogen and oxygen atoms in total. The molecular weight excluding hydrogens is 320 g/mol. The number of hydrogen-bond donors (Lipinski definition) is 3. The predicted octanol–water partition coefficient (Wildman–Crippen LogP) is 1.75. The van der Waals surface area contributed by atoms with E-state index in [1.807, 2.05) is 51.1 Å². The van der Waals surface area contributed by atoms with Gasteiger partial charge in [0.1, 0.15) is 12.4 Å². The molecule has 0 saturated carbocycles. The molecule has 2 rings (SSSR count). The summed E-state index contributed by atoms with van der Waals surface area (Å²) in [4.78, 5) is 28.0. The number of nitrogens with one attached hydrogen (secondary N) is 3. The molecule has 2 aromatic rings. The first kappa shape index (κ1) is 18.4. The van der Waals surface area contributed by atoms with Gasteiger partial charge in [0.05, 0.1) is 6.54 Å². The van der Waals surface area contributed by atoms with Gasteiger partial charge in [0.25, 0.3) is 0 Å². The van der Waals surface area contributed by atoms with Crippen LogP contribution in [0.3, 0.4) is 0 Å². The first-order valence-corrected chi connectivity index (χ1v) is 8.06. The molecule has 1 atom stereocenters. The molecular formula is C17H24N6O2. The standard InChI is InChI=1S/C17H24N6O2/c1-12(14(24)21-17(2,3)4)19-16(25)20-15-18-11-23(22-15)10-13-8-6-5-7-9-13/h5-9,11-12H,10H2,1-4H3,(H,21,24)(H2,19,20,22,25)/t12-/m0/s1.